The van der Waals surface area contributed by atoms with Gasteiger partial charge in [-0.05, 0) is 18.5 Å². The van der Waals surface area contributed by atoms with Crippen molar-refractivity contribution in [2.24, 2.45) is 0 Å². The number of likely N-dealkylation sites (N-methyl/N-ethyl adjacent to an activating group) is 1. The molecule has 1 heterocycles. The van der Waals surface area contributed by atoms with Crippen LogP contribution in [0.5, 0.6) is 0 Å². The minimum absolute atomic E-state index is 0.255. The van der Waals surface area contributed by atoms with E-state index in [2.05, 4.69) is 4.37 Å². The molecular formula is C8H12N4OS. The summed E-state index contributed by atoms with van der Waals surface area (Å²) in [6, 6.07) is 2.00. The quantitative estimate of drug-likeness (QED) is 0.758. The predicted molar refractivity (Wildman–Crippen MR) is 56.2 cm³/mol. The summed E-state index contributed by atoms with van der Waals surface area (Å²) in [5, 5.41) is 18.7. The summed E-state index contributed by atoms with van der Waals surface area (Å²) in [7, 11) is 1.79. The van der Waals surface area contributed by atoms with E-state index in [0.717, 1.165) is 0 Å². The Morgan fingerprint density at radius 1 is 1.79 bits per heavy atom. The molecule has 0 aliphatic rings. The SMILES string of the molecule is CC(O)CN(C)c1snc(N)c1C#N. The van der Waals surface area contributed by atoms with Crippen molar-refractivity contribution in [3.63, 3.8) is 0 Å². The second-order valence-corrected chi connectivity index (χ2v) is 3.84. The van der Waals surface area contributed by atoms with E-state index in [-0.39, 0.29) is 5.82 Å². The molecule has 0 aliphatic heterocycles. The second-order valence-electron chi connectivity index (χ2n) is 3.09. The molecule has 3 N–H and O–H groups in total. The minimum Gasteiger partial charge on any atom is -0.392 e. The molecule has 1 unspecified atom stereocenters. The number of nitrogens with zero attached hydrogens (tertiary/aromatic N) is 3. The Morgan fingerprint density at radius 2 is 2.43 bits per heavy atom. The highest BCUT2D eigenvalue weighted by Crippen LogP contribution is 2.28. The van der Waals surface area contributed by atoms with E-state index in [4.69, 9.17) is 11.0 Å². The van der Waals surface area contributed by atoms with Gasteiger partial charge in [0.1, 0.15) is 16.6 Å². The molecule has 0 amide bonds. The van der Waals surface area contributed by atoms with E-state index in [1.165, 1.54) is 11.5 Å². The van der Waals surface area contributed by atoms with Gasteiger partial charge < -0.3 is 15.7 Å². The number of hydrogen-bond donors (Lipinski definition) is 2. The van der Waals surface area contributed by atoms with Gasteiger partial charge in [0.15, 0.2) is 5.82 Å². The van der Waals surface area contributed by atoms with Crippen molar-refractivity contribution < 1.29 is 5.11 Å². The molecule has 5 nitrogen and oxygen atoms in total. The van der Waals surface area contributed by atoms with Gasteiger partial charge in [-0.3, -0.25) is 0 Å². The number of aromatic nitrogens is 1. The summed E-state index contributed by atoms with van der Waals surface area (Å²) >= 11 is 1.17. The highest BCUT2D eigenvalue weighted by atomic mass is 32.1. The molecule has 0 spiro atoms. The first-order valence-corrected chi connectivity index (χ1v) is 4.88. The van der Waals surface area contributed by atoms with E-state index >= 15 is 0 Å². The fourth-order valence-electron chi connectivity index (χ4n) is 1.14. The average molecular weight is 212 g/mol. The first-order valence-electron chi connectivity index (χ1n) is 4.10. The van der Waals surface area contributed by atoms with Crippen molar-refractivity contribution in [3.8, 4) is 6.07 Å². The molecule has 0 saturated heterocycles. The van der Waals surface area contributed by atoms with Crippen LogP contribution in [0, 0.1) is 11.3 Å². The summed E-state index contributed by atoms with van der Waals surface area (Å²) < 4.78 is 3.89. The molecule has 0 radical (unpaired) electrons. The Labute approximate surface area is 86.5 Å². The second kappa shape index (κ2) is 4.26. The number of anilines is 2. The number of rotatable bonds is 3. The smallest absolute Gasteiger partial charge is 0.157 e. The molecule has 0 bridgehead atoms. The first-order chi connectivity index (χ1) is 6.56. The lowest BCUT2D eigenvalue weighted by atomic mass is 10.3. The van der Waals surface area contributed by atoms with Crippen molar-refractivity contribution >= 4 is 22.4 Å². The van der Waals surface area contributed by atoms with Crippen LogP contribution in [-0.2, 0) is 0 Å². The number of hydrogen-bond acceptors (Lipinski definition) is 6. The third kappa shape index (κ3) is 2.13. The zero-order valence-corrected chi connectivity index (χ0v) is 8.88. The van der Waals surface area contributed by atoms with E-state index in [1.807, 2.05) is 6.07 Å². The highest BCUT2D eigenvalue weighted by molar-refractivity contribution is 7.10. The average Bonchev–Trinajstić information content (AvgIpc) is 2.45. The molecule has 14 heavy (non-hydrogen) atoms. The van der Waals surface area contributed by atoms with E-state index in [9.17, 15) is 5.11 Å². The third-order valence-electron chi connectivity index (χ3n) is 1.70. The van der Waals surface area contributed by atoms with Gasteiger partial charge in [0, 0.05) is 13.6 Å². The first kappa shape index (κ1) is 10.8. The van der Waals surface area contributed by atoms with Crippen molar-refractivity contribution in [2.75, 3.05) is 24.2 Å². The molecule has 0 aliphatic carbocycles. The van der Waals surface area contributed by atoms with Crippen LogP contribution >= 0.6 is 11.5 Å². The molecule has 6 heteroatoms. The van der Waals surface area contributed by atoms with Gasteiger partial charge in [0.2, 0.25) is 0 Å². The standard InChI is InChI=1S/C8H12N4OS/c1-5(13)4-12(2)8-6(3-9)7(10)11-14-8/h5,13H,4H2,1-2H3,(H2,10,11). The number of nitrogen functional groups attached to an aromatic ring is 1. The van der Waals surface area contributed by atoms with E-state index in [1.54, 1.807) is 18.9 Å². The maximum atomic E-state index is 9.18. The summed E-state index contributed by atoms with van der Waals surface area (Å²) in [5.74, 6) is 0.255. The van der Waals surface area contributed by atoms with Crippen LogP contribution in [0.4, 0.5) is 10.8 Å². The fourth-order valence-corrected chi connectivity index (χ4v) is 1.87. The van der Waals surface area contributed by atoms with Crippen LogP contribution in [0.15, 0.2) is 0 Å². The number of nitriles is 1. The van der Waals surface area contributed by atoms with Gasteiger partial charge in [-0.1, -0.05) is 0 Å². The molecule has 0 aromatic carbocycles. The minimum atomic E-state index is -0.449. The monoisotopic (exact) mass is 212 g/mol. The summed E-state index contributed by atoms with van der Waals surface area (Å²) in [6.45, 7) is 2.14. The Balaban J connectivity index is 2.90. The van der Waals surface area contributed by atoms with Crippen LogP contribution < -0.4 is 10.6 Å². The molecule has 1 rings (SSSR count). The van der Waals surface area contributed by atoms with Gasteiger partial charge in [-0.25, -0.2) is 0 Å². The van der Waals surface area contributed by atoms with Crippen molar-refractivity contribution in [1.82, 2.24) is 4.37 Å². The molecule has 1 aromatic heterocycles. The van der Waals surface area contributed by atoms with Gasteiger partial charge in [-0.15, -0.1) is 0 Å². The predicted octanol–water partition coefficient (Wildman–Crippen LogP) is 0.414. The Hall–Kier alpha value is -1.32. The summed E-state index contributed by atoms with van der Waals surface area (Å²) in [4.78, 5) is 1.78. The molecule has 76 valence electrons. The molecular weight excluding hydrogens is 200 g/mol. The molecule has 0 saturated carbocycles. The van der Waals surface area contributed by atoms with Crippen molar-refractivity contribution in [1.29, 1.82) is 5.26 Å². The zero-order valence-electron chi connectivity index (χ0n) is 8.06. The summed E-state index contributed by atoms with van der Waals surface area (Å²) in [6.07, 6.45) is -0.449. The highest BCUT2D eigenvalue weighted by Gasteiger charge is 2.15. The van der Waals surface area contributed by atoms with Crippen LogP contribution in [0.3, 0.4) is 0 Å². The molecule has 1 aromatic rings. The number of aliphatic hydroxyl groups is 1. The van der Waals surface area contributed by atoms with Crippen LogP contribution in [0.2, 0.25) is 0 Å². The van der Waals surface area contributed by atoms with Crippen LogP contribution in [-0.4, -0.2) is 29.2 Å². The Bertz CT molecular complexity index is 355. The Kier molecular flexibility index (Phi) is 3.28. The van der Waals surface area contributed by atoms with Gasteiger partial charge in [0.05, 0.1) is 6.10 Å². The van der Waals surface area contributed by atoms with Gasteiger partial charge in [-0.2, -0.15) is 9.64 Å². The lowest BCUT2D eigenvalue weighted by Crippen LogP contribution is -2.26. The van der Waals surface area contributed by atoms with Crippen LogP contribution in [0.1, 0.15) is 12.5 Å². The third-order valence-corrected chi connectivity index (χ3v) is 2.67. The maximum Gasteiger partial charge on any atom is 0.157 e. The lowest BCUT2D eigenvalue weighted by molar-refractivity contribution is 0.202. The summed E-state index contributed by atoms with van der Waals surface area (Å²) in [5.41, 5.74) is 5.90. The molecule has 1 atom stereocenters. The van der Waals surface area contributed by atoms with Gasteiger partial charge in [0.25, 0.3) is 0 Å². The van der Waals surface area contributed by atoms with Gasteiger partial charge >= 0.3 is 0 Å². The lowest BCUT2D eigenvalue weighted by Gasteiger charge is -2.18. The van der Waals surface area contributed by atoms with E-state index < -0.39 is 6.10 Å². The van der Waals surface area contributed by atoms with E-state index in [0.29, 0.717) is 17.1 Å². The fraction of sp³-hybridized carbons (Fsp3) is 0.500. The van der Waals surface area contributed by atoms with Crippen molar-refractivity contribution in [2.45, 2.75) is 13.0 Å². The Morgan fingerprint density at radius 3 is 2.93 bits per heavy atom. The number of nitrogens with two attached hydrogens (primary N) is 1. The molecule has 0 fully saturated rings. The topological polar surface area (TPSA) is 86.2 Å². The van der Waals surface area contributed by atoms with Crippen molar-refractivity contribution in [3.05, 3.63) is 5.56 Å². The zero-order chi connectivity index (χ0) is 10.7. The largest absolute Gasteiger partial charge is 0.392 e. The van der Waals surface area contributed by atoms with Crippen LogP contribution in [0.25, 0.3) is 0 Å². The normalized spacial score (nSPS) is 12.1. The maximum absolute atomic E-state index is 9.18. The number of aliphatic hydroxyl groups excluding tert-OH is 1.